The molecule has 37 heavy (non-hydrogen) atoms. The summed E-state index contributed by atoms with van der Waals surface area (Å²) in [5.41, 5.74) is 6.77. The topological polar surface area (TPSA) is 62.0 Å². The molecule has 0 saturated carbocycles. The summed E-state index contributed by atoms with van der Waals surface area (Å²) in [5, 5.41) is 6.50. The maximum atomic E-state index is 6.50. The molecule has 0 amide bonds. The Kier molecular flexibility index (Phi) is 12.8. The van der Waals surface area contributed by atoms with Crippen LogP contribution in [0.4, 0.5) is 0 Å². The van der Waals surface area contributed by atoms with Crippen molar-refractivity contribution in [2.24, 2.45) is 17.2 Å². The molecule has 2 heterocycles. The van der Waals surface area contributed by atoms with Crippen LogP contribution in [0.25, 0.3) is 6.08 Å². The number of allylic oxidation sites excluding steroid dienone is 1. The first kappa shape index (κ1) is 31.6. The summed E-state index contributed by atoms with van der Waals surface area (Å²) < 4.78 is 5.33. The number of nitrogens with two attached hydrogens (primary N) is 1. The van der Waals surface area contributed by atoms with E-state index in [-0.39, 0.29) is 10.8 Å². The maximum absolute atomic E-state index is 6.50. The number of rotatable bonds is 8. The fourth-order valence-electron chi connectivity index (χ4n) is 6.29. The lowest BCUT2D eigenvalue weighted by Gasteiger charge is -2.44. The summed E-state index contributed by atoms with van der Waals surface area (Å²) >= 11 is 0. The van der Waals surface area contributed by atoms with E-state index in [2.05, 4.69) is 81.3 Å². The Morgan fingerprint density at radius 2 is 1.78 bits per heavy atom. The molecule has 2 unspecified atom stereocenters. The van der Waals surface area contributed by atoms with Crippen LogP contribution in [0.5, 0.6) is 0 Å². The van der Waals surface area contributed by atoms with Crippen LogP contribution in [0, 0.1) is 11.3 Å². The molecule has 2 atom stereocenters. The summed E-state index contributed by atoms with van der Waals surface area (Å²) in [7, 11) is 4.12. The zero-order chi connectivity index (χ0) is 27.5. The van der Waals surface area contributed by atoms with E-state index in [1.165, 1.54) is 70.3 Å². The number of piperidine rings is 1. The SMILES string of the molecule is C=CN1CCCC1.COCCCCC(C)(c1cccc2c1CC(C(C)(C)C)=C2)C1CCCN(C)C1.NO. The number of benzene rings is 1. The van der Waals surface area contributed by atoms with Crippen molar-refractivity contribution in [3.05, 3.63) is 53.2 Å². The molecule has 5 heteroatoms. The van der Waals surface area contributed by atoms with Crippen molar-refractivity contribution < 1.29 is 9.94 Å². The molecule has 3 aliphatic rings. The first-order chi connectivity index (χ1) is 17.7. The normalized spacial score (nSPS) is 21.1. The van der Waals surface area contributed by atoms with Gasteiger partial charge in [0.1, 0.15) is 0 Å². The van der Waals surface area contributed by atoms with Crippen LogP contribution >= 0.6 is 0 Å². The Balaban J connectivity index is 0.000000455. The van der Waals surface area contributed by atoms with Crippen LogP contribution in [-0.4, -0.2) is 62.0 Å². The highest BCUT2D eigenvalue weighted by molar-refractivity contribution is 5.67. The van der Waals surface area contributed by atoms with Gasteiger partial charge in [-0.2, -0.15) is 0 Å². The predicted molar refractivity (Wildman–Crippen MR) is 158 cm³/mol. The monoisotopic (exact) mass is 513 g/mol. The van der Waals surface area contributed by atoms with Crippen molar-refractivity contribution in [2.75, 3.05) is 46.9 Å². The van der Waals surface area contributed by atoms with Crippen molar-refractivity contribution >= 4 is 6.08 Å². The van der Waals surface area contributed by atoms with Gasteiger partial charge in [-0.3, -0.25) is 0 Å². The number of hydrogen-bond acceptors (Lipinski definition) is 5. The Morgan fingerprint density at radius 1 is 1.08 bits per heavy atom. The van der Waals surface area contributed by atoms with Crippen molar-refractivity contribution in [2.45, 2.75) is 84.5 Å². The van der Waals surface area contributed by atoms with Gasteiger partial charge in [0.15, 0.2) is 0 Å². The lowest BCUT2D eigenvalue weighted by atomic mass is 9.64. The van der Waals surface area contributed by atoms with Crippen molar-refractivity contribution in [1.29, 1.82) is 0 Å². The van der Waals surface area contributed by atoms with E-state index in [1.807, 2.05) is 13.3 Å². The molecule has 1 aromatic rings. The van der Waals surface area contributed by atoms with E-state index in [0.717, 1.165) is 25.4 Å². The van der Waals surface area contributed by atoms with Gasteiger partial charge in [-0.25, -0.2) is 5.90 Å². The van der Waals surface area contributed by atoms with E-state index < -0.39 is 0 Å². The molecule has 2 saturated heterocycles. The third kappa shape index (κ3) is 8.68. The molecule has 0 aromatic heterocycles. The van der Waals surface area contributed by atoms with Crippen LogP contribution < -0.4 is 5.90 Å². The fraction of sp³-hybridized carbons (Fsp3) is 0.688. The smallest absolute Gasteiger partial charge is 0.0462 e. The molecule has 2 aliphatic heterocycles. The van der Waals surface area contributed by atoms with Crippen LogP contribution in [0.15, 0.2) is 36.6 Å². The zero-order valence-corrected chi connectivity index (χ0v) is 24.7. The van der Waals surface area contributed by atoms with Gasteiger partial charge >= 0.3 is 0 Å². The van der Waals surface area contributed by atoms with Crippen molar-refractivity contribution in [3.63, 3.8) is 0 Å². The highest BCUT2D eigenvalue weighted by atomic mass is 16.5. The van der Waals surface area contributed by atoms with Crippen LogP contribution in [0.3, 0.4) is 0 Å². The molecular formula is C32H55N3O2. The molecule has 1 aliphatic carbocycles. The van der Waals surface area contributed by atoms with Crippen molar-refractivity contribution in [1.82, 2.24) is 9.80 Å². The molecular weight excluding hydrogens is 458 g/mol. The largest absolute Gasteiger partial charge is 0.385 e. The van der Waals surface area contributed by atoms with Gasteiger partial charge < -0.3 is 19.7 Å². The quantitative estimate of drug-likeness (QED) is 0.301. The minimum absolute atomic E-state index is 0.245. The van der Waals surface area contributed by atoms with Gasteiger partial charge in [0.25, 0.3) is 0 Å². The summed E-state index contributed by atoms with van der Waals surface area (Å²) in [6.45, 7) is 19.1. The lowest BCUT2D eigenvalue weighted by molar-refractivity contribution is 0.129. The Labute approximate surface area is 227 Å². The molecule has 0 spiro atoms. The molecule has 3 N–H and O–H groups in total. The summed E-state index contributed by atoms with van der Waals surface area (Å²) in [6.07, 6.45) is 14.6. The van der Waals surface area contributed by atoms with Gasteiger partial charge in [0.2, 0.25) is 0 Å². The van der Waals surface area contributed by atoms with E-state index in [0.29, 0.717) is 0 Å². The Bertz CT molecular complexity index is 854. The van der Waals surface area contributed by atoms with E-state index >= 15 is 0 Å². The lowest BCUT2D eigenvalue weighted by Crippen LogP contribution is -2.43. The highest BCUT2D eigenvalue weighted by Crippen LogP contribution is 2.46. The molecule has 2 fully saturated rings. The molecule has 210 valence electrons. The first-order valence-corrected chi connectivity index (χ1v) is 14.3. The van der Waals surface area contributed by atoms with E-state index in [1.54, 1.807) is 16.7 Å². The third-order valence-corrected chi connectivity index (χ3v) is 8.71. The van der Waals surface area contributed by atoms with Crippen LogP contribution in [0.1, 0.15) is 89.3 Å². The number of nitrogens with zero attached hydrogens (tertiary/aromatic N) is 2. The van der Waals surface area contributed by atoms with E-state index in [9.17, 15) is 0 Å². The van der Waals surface area contributed by atoms with Gasteiger partial charge in [0.05, 0.1) is 0 Å². The second-order valence-electron chi connectivity index (χ2n) is 12.4. The minimum atomic E-state index is 0.245. The number of fused-ring (bicyclic) bond motifs is 1. The average molecular weight is 514 g/mol. The average Bonchev–Trinajstić information content (AvgIpc) is 3.58. The Morgan fingerprint density at radius 3 is 2.35 bits per heavy atom. The number of likely N-dealkylation sites (tertiary alicyclic amines) is 2. The Hall–Kier alpha value is -1.66. The fourth-order valence-corrected chi connectivity index (χ4v) is 6.29. The minimum Gasteiger partial charge on any atom is -0.385 e. The molecule has 1 aromatic carbocycles. The van der Waals surface area contributed by atoms with Crippen LogP contribution in [-0.2, 0) is 16.6 Å². The van der Waals surface area contributed by atoms with Gasteiger partial charge in [0, 0.05) is 33.4 Å². The third-order valence-electron chi connectivity index (χ3n) is 8.71. The van der Waals surface area contributed by atoms with Gasteiger partial charge in [-0.05, 0) is 98.2 Å². The van der Waals surface area contributed by atoms with Gasteiger partial charge in [-0.1, -0.05) is 70.5 Å². The number of methoxy groups -OCH3 is 1. The zero-order valence-electron chi connectivity index (χ0n) is 24.7. The molecule has 0 radical (unpaired) electrons. The maximum Gasteiger partial charge on any atom is 0.0462 e. The second-order valence-corrected chi connectivity index (χ2v) is 12.4. The van der Waals surface area contributed by atoms with E-state index in [4.69, 9.17) is 9.94 Å². The highest BCUT2D eigenvalue weighted by Gasteiger charge is 2.40. The number of hydrogen-bond donors (Lipinski definition) is 2. The summed E-state index contributed by atoms with van der Waals surface area (Å²) in [6, 6.07) is 7.08. The van der Waals surface area contributed by atoms with Crippen LogP contribution in [0.2, 0.25) is 0 Å². The summed E-state index contributed by atoms with van der Waals surface area (Å²) in [4.78, 5) is 4.80. The van der Waals surface area contributed by atoms with Gasteiger partial charge in [-0.15, -0.1) is 0 Å². The molecule has 4 rings (SSSR count). The van der Waals surface area contributed by atoms with Crippen molar-refractivity contribution in [3.8, 4) is 0 Å². The second kappa shape index (κ2) is 15.1. The predicted octanol–water partition coefficient (Wildman–Crippen LogP) is 6.65. The number of unbranched alkanes of at least 4 members (excludes halogenated alkanes) is 1. The summed E-state index contributed by atoms with van der Waals surface area (Å²) in [5.74, 6) is 4.24. The number of ether oxygens (including phenoxy) is 1. The molecule has 5 nitrogen and oxygen atoms in total. The first-order valence-electron chi connectivity index (χ1n) is 14.3. The standard InChI is InChI=1S/C26H41NO.C6H11N.H3NO/c1-25(2,3)22-17-20-11-9-13-24(23(20)18-22)26(4,14-7-8-16-28-6)21-12-10-15-27(5)19-21;1-2-7-5-3-4-6-7;1-2/h9,11,13,17,21H,7-8,10,12,14-16,18-19H2,1-6H3;2H,1,3-6H2;2H,1H2. The molecule has 0 bridgehead atoms.